The van der Waals surface area contributed by atoms with E-state index in [1.54, 1.807) is 0 Å². The second-order valence-electron chi connectivity index (χ2n) is 3.48. The fourth-order valence-corrected chi connectivity index (χ4v) is 2.85. The Bertz CT molecular complexity index is 580. The van der Waals surface area contributed by atoms with E-state index in [1.807, 2.05) is 6.07 Å². The zero-order valence-corrected chi connectivity index (χ0v) is 9.58. The van der Waals surface area contributed by atoms with Crippen molar-refractivity contribution in [2.24, 2.45) is 0 Å². The van der Waals surface area contributed by atoms with Crippen molar-refractivity contribution in [1.29, 1.82) is 5.26 Å². The van der Waals surface area contributed by atoms with Crippen LogP contribution in [0.3, 0.4) is 0 Å². The third-order valence-corrected chi connectivity index (χ3v) is 3.87. The molecular formula is C10H9FN2O3S. The van der Waals surface area contributed by atoms with Crippen LogP contribution >= 0.6 is 0 Å². The summed E-state index contributed by atoms with van der Waals surface area (Å²) in [7, 11) is -3.63. The molecule has 1 fully saturated rings. The normalized spacial score (nSPS) is 18.7. The van der Waals surface area contributed by atoms with Gasteiger partial charge in [-0.15, -0.1) is 0 Å². The molecule has 0 bridgehead atoms. The van der Waals surface area contributed by atoms with E-state index in [2.05, 4.69) is 0 Å². The Hall–Kier alpha value is -1.65. The second kappa shape index (κ2) is 4.31. The van der Waals surface area contributed by atoms with Gasteiger partial charge >= 0.3 is 0 Å². The van der Waals surface area contributed by atoms with Crippen LogP contribution in [0.25, 0.3) is 0 Å². The van der Waals surface area contributed by atoms with Crippen molar-refractivity contribution >= 4 is 15.7 Å². The number of hydrogen-bond donors (Lipinski definition) is 0. The summed E-state index contributed by atoms with van der Waals surface area (Å²) in [5.74, 6) is -1.03. The van der Waals surface area contributed by atoms with Crippen LogP contribution in [0.2, 0.25) is 0 Å². The largest absolute Gasteiger partial charge is 0.362 e. The predicted molar refractivity (Wildman–Crippen MR) is 58.2 cm³/mol. The molecule has 1 aliphatic rings. The number of halogens is 1. The molecule has 0 radical (unpaired) electrons. The minimum atomic E-state index is -3.63. The molecule has 1 saturated heterocycles. The zero-order chi connectivity index (χ0) is 12.5. The quantitative estimate of drug-likeness (QED) is 0.746. The molecule has 5 nitrogen and oxygen atoms in total. The van der Waals surface area contributed by atoms with E-state index in [9.17, 15) is 12.8 Å². The van der Waals surface area contributed by atoms with Gasteiger partial charge in [-0.1, -0.05) is 0 Å². The molecule has 0 saturated carbocycles. The smallest absolute Gasteiger partial charge is 0.259 e. The minimum Gasteiger partial charge on any atom is -0.362 e. The van der Waals surface area contributed by atoms with Gasteiger partial charge in [-0.05, 0) is 18.2 Å². The van der Waals surface area contributed by atoms with Crippen LogP contribution in [0.5, 0.6) is 0 Å². The summed E-state index contributed by atoms with van der Waals surface area (Å²) in [5.41, 5.74) is 0.188. The molecule has 0 unspecified atom stereocenters. The Morgan fingerprint density at radius 2 is 2.24 bits per heavy atom. The van der Waals surface area contributed by atoms with Crippen LogP contribution in [-0.2, 0) is 14.8 Å². The van der Waals surface area contributed by atoms with Crippen molar-refractivity contribution in [3.05, 3.63) is 29.6 Å². The van der Waals surface area contributed by atoms with Gasteiger partial charge in [0.2, 0.25) is 0 Å². The van der Waals surface area contributed by atoms with E-state index < -0.39 is 21.8 Å². The van der Waals surface area contributed by atoms with Crippen molar-refractivity contribution in [1.82, 2.24) is 0 Å². The van der Waals surface area contributed by atoms with Crippen LogP contribution in [0.4, 0.5) is 10.1 Å². The van der Waals surface area contributed by atoms with Gasteiger partial charge in [0.05, 0.1) is 24.4 Å². The van der Waals surface area contributed by atoms with Crippen LogP contribution in [-0.4, -0.2) is 27.5 Å². The monoisotopic (exact) mass is 256 g/mol. The van der Waals surface area contributed by atoms with Gasteiger partial charge in [0.15, 0.2) is 5.94 Å². The third-order valence-electron chi connectivity index (χ3n) is 2.36. The Morgan fingerprint density at radius 1 is 1.47 bits per heavy atom. The number of ether oxygens (including phenoxy) is 1. The fraction of sp³-hybridized carbons (Fsp3) is 0.300. The average molecular weight is 256 g/mol. The van der Waals surface area contributed by atoms with Gasteiger partial charge in [0.1, 0.15) is 11.9 Å². The molecule has 0 spiro atoms. The van der Waals surface area contributed by atoms with Crippen molar-refractivity contribution in [3.8, 4) is 6.07 Å². The van der Waals surface area contributed by atoms with Gasteiger partial charge in [-0.3, -0.25) is 4.31 Å². The Kier molecular flexibility index (Phi) is 3.00. The van der Waals surface area contributed by atoms with E-state index in [0.29, 0.717) is 0 Å². The van der Waals surface area contributed by atoms with E-state index >= 15 is 0 Å². The van der Waals surface area contributed by atoms with Crippen LogP contribution in [0.15, 0.2) is 18.2 Å². The number of rotatable bonds is 1. The number of anilines is 1. The Balaban J connectivity index is 2.53. The van der Waals surface area contributed by atoms with Crippen LogP contribution < -0.4 is 4.31 Å². The van der Waals surface area contributed by atoms with E-state index in [0.717, 1.165) is 16.4 Å². The van der Waals surface area contributed by atoms with Gasteiger partial charge in [-0.2, -0.15) is 5.26 Å². The first kappa shape index (κ1) is 11.8. The van der Waals surface area contributed by atoms with Crippen molar-refractivity contribution in [2.75, 3.05) is 23.4 Å². The summed E-state index contributed by atoms with van der Waals surface area (Å²) < 4.78 is 42.4. The number of nitriles is 1. The lowest BCUT2D eigenvalue weighted by Gasteiger charge is -2.28. The lowest BCUT2D eigenvalue weighted by Crippen LogP contribution is -2.41. The number of nitrogens with zero attached hydrogens (tertiary/aromatic N) is 2. The highest BCUT2D eigenvalue weighted by Crippen LogP contribution is 2.25. The molecule has 0 aromatic heterocycles. The van der Waals surface area contributed by atoms with E-state index in [4.69, 9.17) is 10.00 Å². The lowest BCUT2D eigenvalue weighted by molar-refractivity contribution is 0.175. The van der Waals surface area contributed by atoms with Crippen molar-refractivity contribution < 1.29 is 17.5 Å². The summed E-state index contributed by atoms with van der Waals surface area (Å²) in [6, 6.07) is 5.27. The van der Waals surface area contributed by atoms with E-state index in [-0.39, 0.29) is 24.4 Å². The number of sulfonamides is 1. The first-order chi connectivity index (χ1) is 8.04. The Labute approximate surface area is 98.1 Å². The molecule has 0 aliphatic carbocycles. The highest BCUT2D eigenvalue weighted by molar-refractivity contribution is 7.92. The molecule has 90 valence electrons. The van der Waals surface area contributed by atoms with Crippen molar-refractivity contribution in [2.45, 2.75) is 0 Å². The van der Waals surface area contributed by atoms with Gasteiger partial charge < -0.3 is 4.74 Å². The summed E-state index contributed by atoms with van der Waals surface area (Å²) in [6.07, 6.45) is 0. The number of hydrogen-bond acceptors (Lipinski definition) is 4. The van der Waals surface area contributed by atoms with Crippen LogP contribution in [0.1, 0.15) is 5.56 Å². The molecule has 17 heavy (non-hydrogen) atoms. The predicted octanol–water partition coefficient (Wildman–Crippen LogP) is 0.821. The minimum absolute atomic E-state index is 0.0656. The summed E-state index contributed by atoms with van der Waals surface area (Å²) in [5, 5.41) is 8.88. The first-order valence-electron chi connectivity index (χ1n) is 4.82. The maximum atomic E-state index is 13.1. The summed E-state index contributed by atoms with van der Waals surface area (Å²) in [6.45, 7) is 0.307. The van der Waals surface area contributed by atoms with Gasteiger partial charge in [0, 0.05) is 0 Å². The molecule has 1 aromatic rings. The molecule has 1 heterocycles. The molecule has 0 N–H and O–H groups in total. The second-order valence-corrected chi connectivity index (χ2v) is 5.32. The molecular weight excluding hydrogens is 247 g/mol. The maximum absolute atomic E-state index is 13.1. The van der Waals surface area contributed by atoms with E-state index in [1.165, 1.54) is 6.07 Å². The third kappa shape index (κ3) is 2.23. The van der Waals surface area contributed by atoms with Crippen LogP contribution in [0, 0.1) is 17.1 Å². The fourth-order valence-electron chi connectivity index (χ4n) is 1.59. The SMILES string of the molecule is N#Cc1ccc(F)cc1N1CCOCS1(=O)=O. The Morgan fingerprint density at radius 3 is 2.88 bits per heavy atom. The number of benzene rings is 1. The average Bonchev–Trinajstić information content (AvgIpc) is 2.28. The highest BCUT2D eigenvalue weighted by atomic mass is 32.2. The van der Waals surface area contributed by atoms with Gasteiger partial charge in [0.25, 0.3) is 10.0 Å². The highest BCUT2D eigenvalue weighted by Gasteiger charge is 2.28. The maximum Gasteiger partial charge on any atom is 0.259 e. The molecule has 1 aliphatic heterocycles. The summed E-state index contributed by atoms with van der Waals surface area (Å²) >= 11 is 0. The molecule has 7 heteroatoms. The first-order valence-corrected chi connectivity index (χ1v) is 6.43. The molecule has 0 atom stereocenters. The standard InChI is InChI=1S/C10H9FN2O3S/c11-9-2-1-8(6-12)10(5-9)13-3-4-16-7-17(13,14)15/h1-2,5H,3-4,7H2. The molecule has 1 aromatic carbocycles. The molecule has 2 rings (SSSR count). The topological polar surface area (TPSA) is 70.4 Å². The zero-order valence-electron chi connectivity index (χ0n) is 8.76. The van der Waals surface area contributed by atoms with Gasteiger partial charge in [-0.25, -0.2) is 12.8 Å². The molecule has 0 amide bonds. The van der Waals surface area contributed by atoms with Crippen molar-refractivity contribution in [3.63, 3.8) is 0 Å². The summed E-state index contributed by atoms with van der Waals surface area (Å²) in [4.78, 5) is 0. The lowest BCUT2D eigenvalue weighted by atomic mass is 10.2.